The van der Waals surface area contributed by atoms with Crippen molar-refractivity contribution in [2.75, 3.05) is 37.7 Å². The number of fused-ring (bicyclic) bond motifs is 1. The van der Waals surface area contributed by atoms with Crippen molar-refractivity contribution >= 4 is 46.8 Å². The van der Waals surface area contributed by atoms with E-state index in [1.165, 1.54) is 23.5 Å². The highest BCUT2D eigenvalue weighted by molar-refractivity contribution is 7.11. The number of nitrogens with zero attached hydrogens (tertiary/aromatic N) is 4. The number of carbonyl (C=O) groups excluding carboxylic acids is 2. The number of aliphatic carboxylic acids is 1. The highest BCUT2D eigenvalue weighted by atomic mass is 32.1. The molecule has 0 radical (unpaired) electrons. The van der Waals surface area contributed by atoms with Crippen LogP contribution in [0.4, 0.5) is 10.1 Å². The van der Waals surface area contributed by atoms with Gasteiger partial charge in [0.1, 0.15) is 11.9 Å². The Kier molecular flexibility index (Phi) is 9.09. The van der Waals surface area contributed by atoms with Crippen LogP contribution in [0.5, 0.6) is 0 Å². The number of ether oxygens (including phenoxy) is 1. The number of thiazole rings is 1. The topological polar surface area (TPSA) is 124 Å². The predicted molar refractivity (Wildman–Crippen MR) is 173 cm³/mol. The second-order valence-corrected chi connectivity index (χ2v) is 12.4. The molecule has 0 unspecified atom stereocenters. The molecule has 2 saturated heterocycles. The number of rotatable bonds is 9. The molecule has 10 nitrogen and oxygen atoms in total. The van der Waals surface area contributed by atoms with Crippen molar-refractivity contribution in [3.8, 4) is 0 Å². The van der Waals surface area contributed by atoms with Crippen molar-refractivity contribution < 1.29 is 28.6 Å². The van der Waals surface area contributed by atoms with Gasteiger partial charge in [-0.15, -0.1) is 11.3 Å². The van der Waals surface area contributed by atoms with Gasteiger partial charge in [-0.3, -0.25) is 14.7 Å². The Balaban J connectivity index is 1.27. The highest BCUT2D eigenvalue weighted by Crippen LogP contribution is 2.38. The van der Waals surface area contributed by atoms with Gasteiger partial charge in [0.15, 0.2) is 10.8 Å². The minimum Gasteiger partial charge on any atom is -0.478 e. The largest absolute Gasteiger partial charge is 0.478 e. The minimum absolute atomic E-state index is 0.0800. The van der Waals surface area contributed by atoms with Crippen LogP contribution in [-0.4, -0.2) is 71.5 Å². The summed E-state index contributed by atoms with van der Waals surface area (Å²) in [5.74, 6) is -1.36. The number of halogens is 1. The molecule has 0 spiro atoms. The van der Waals surface area contributed by atoms with E-state index in [1.54, 1.807) is 44.3 Å². The van der Waals surface area contributed by atoms with E-state index >= 15 is 0 Å². The van der Waals surface area contributed by atoms with E-state index in [4.69, 9.17) is 14.8 Å². The van der Waals surface area contributed by atoms with Crippen molar-refractivity contribution in [2.45, 2.75) is 26.3 Å². The molecule has 6 rings (SSSR count). The van der Waals surface area contributed by atoms with Gasteiger partial charge in [0.05, 0.1) is 12.2 Å². The van der Waals surface area contributed by atoms with Crippen molar-refractivity contribution in [3.05, 3.63) is 98.9 Å². The predicted octanol–water partition coefficient (Wildman–Crippen LogP) is 4.58. The van der Waals surface area contributed by atoms with Gasteiger partial charge in [0.25, 0.3) is 0 Å². The monoisotopic (exact) mass is 643 g/mol. The van der Waals surface area contributed by atoms with Crippen molar-refractivity contribution in [2.24, 2.45) is 16.8 Å². The lowest BCUT2D eigenvalue weighted by Gasteiger charge is -2.36. The summed E-state index contributed by atoms with van der Waals surface area (Å²) in [7, 11) is 0. The van der Waals surface area contributed by atoms with Crippen LogP contribution in [0.15, 0.2) is 76.4 Å². The molecule has 3 aliphatic rings. The van der Waals surface area contributed by atoms with E-state index in [0.29, 0.717) is 65.8 Å². The fraction of sp³-hybridized carbons (Fsp3) is 0.324. The Morgan fingerprint density at radius 1 is 1.20 bits per heavy atom. The number of carboxylic acid groups (broad SMARTS) is 1. The van der Waals surface area contributed by atoms with Crippen LogP contribution in [0.25, 0.3) is 6.08 Å². The summed E-state index contributed by atoms with van der Waals surface area (Å²) in [5, 5.41) is 14.8. The summed E-state index contributed by atoms with van der Waals surface area (Å²) in [6.45, 7) is 5.83. The molecule has 0 aliphatic carbocycles. The number of hydrogen-bond donors (Lipinski definition) is 2. The number of amides is 1. The smallest absolute Gasteiger partial charge is 0.338 e. The first-order valence-electron chi connectivity index (χ1n) is 15.2. The number of carboxylic acids is 1. The number of amidine groups is 1. The van der Waals surface area contributed by atoms with Gasteiger partial charge in [-0.05, 0) is 67.8 Å². The molecule has 4 heterocycles. The number of nitrogens with one attached hydrogen (secondary N) is 1. The van der Waals surface area contributed by atoms with Crippen LogP contribution in [0.2, 0.25) is 0 Å². The molecule has 1 aromatic heterocycles. The lowest BCUT2D eigenvalue weighted by molar-refractivity contribution is -0.139. The number of esters is 1. The SMILES string of the molecule is CCOC(=O)C1=C(CN2CC[C@H]3C(=O)N(c4ccc(/C=C/C(=O)O)cc4)C[C@H]3C2)NC(c2nccs2)=N[C@H]1c1cccc(F)c1C. The molecular weight excluding hydrogens is 609 g/mol. The zero-order chi connectivity index (χ0) is 32.4. The van der Waals surface area contributed by atoms with Gasteiger partial charge in [0, 0.05) is 60.5 Å². The van der Waals surface area contributed by atoms with Gasteiger partial charge in [-0.1, -0.05) is 24.3 Å². The number of carbonyl (C=O) groups is 3. The zero-order valence-corrected chi connectivity index (χ0v) is 26.3. The van der Waals surface area contributed by atoms with Gasteiger partial charge in [-0.2, -0.15) is 0 Å². The number of aromatic nitrogens is 1. The Labute approximate surface area is 269 Å². The number of likely N-dealkylation sites (tertiary alicyclic amines) is 1. The average Bonchev–Trinajstić information content (AvgIpc) is 3.70. The number of hydrogen-bond acceptors (Lipinski definition) is 9. The molecule has 12 heteroatoms. The molecule has 3 aromatic rings. The fourth-order valence-corrected chi connectivity index (χ4v) is 7.03. The normalized spacial score (nSPS) is 21.7. The first-order valence-corrected chi connectivity index (χ1v) is 16.1. The highest BCUT2D eigenvalue weighted by Gasteiger charge is 2.44. The van der Waals surface area contributed by atoms with Crippen LogP contribution < -0.4 is 10.2 Å². The maximum absolute atomic E-state index is 14.8. The van der Waals surface area contributed by atoms with Crippen LogP contribution in [0, 0.1) is 24.6 Å². The van der Waals surface area contributed by atoms with Crippen LogP contribution in [-0.2, 0) is 19.1 Å². The summed E-state index contributed by atoms with van der Waals surface area (Å²) in [4.78, 5) is 51.2. The molecular formula is C34H34FN5O5S. The first kappa shape index (κ1) is 31.3. The van der Waals surface area contributed by atoms with Gasteiger partial charge < -0.3 is 20.1 Å². The molecule has 2 fully saturated rings. The van der Waals surface area contributed by atoms with Gasteiger partial charge in [-0.25, -0.2) is 19.0 Å². The number of aliphatic imine (C=N–C) groups is 1. The van der Waals surface area contributed by atoms with Gasteiger partial charge in [0.2, 0.25) is 5.91 Å². The third-order valence-corrected chi connectivity index (χ3v) is 9.46. The Morgan fingerprint density at radius 2 is 2.00 bits per heavy atom. The Morgan fingerprint density at radius 3 is 2.72 bits per heavy atom. The molecule has 2 N–H and O–H groups in total. The first-order chi connectivity index (χ1) is 22.2. The van der Waals surface area contributed by atoms with E-state index in [-0.39, 0.29) is 30.2 Å². The van der Waals surface area contributed by atoms with E-state index < -0.39 is 18.0 Å². The zero-order valence-electron chi connectivity index (χ0n) is 25.5. The van der Waals surface area contributed by atoms with Crippen LogP contribution >= 0.6 is 11.3 Å². The standard InChI is InChI=1S/C34H34FN5O5S/c1-3-45-34(44)29-27(37-31(32-36-14-16-46-32)38-30(29)24-5-4-6-26(35)20(24)2)19-39-15-13-25-22(17-39)18-40(33(25)43)23-10-7-21(8-11-23)9-12-28(41)42/h4-12,14,16,22,25,30H,3,13,15,17-19H2,1-2H3,(H,37,38)(H,41,42)/b12-9+/t22-,25-,30+/m1/s1. The quantitative estimate of drug-likeness (QED) is 0.257. The van der Waals surface area contributed by atoms with E-state index in [2.05, 4.69) is 15.2 Å². The lowest BCUT2D eigenvalue weighted by atomic mass is 9.87. The van der Waals surface area contributed by atoms with Crippen molar-refractivity contribution in [1.29, 1.82) is 0 Å². The molecule has 2 aromatic carbocycles. The summed E-state index contributed by atoms with van der Waals surface area (Å²) >= 11 is 1.41. The third-order valence-electron chi connectivity index (χ3n) is 8.68. The van der Waals surface area contributed by atoms with Crippen LogP contribution in [0.3, 0.4) is 0 Å². The maximum Gasteiger partial charge on any atom is 0.338 e. The number of anilines is 1. The van der Waals surface area contributed by atoms with Crippen molar-refractivity contribution in [3.63, 3.8) is 0 Å². The summed E-state index contributed by atoms with van der Waals surface area (Å²) in [6.07, 6.45) is 4.95. The summed E-state index contributed by atoms with van der Waals surface area (Å²) < 4.78 is 20.3. The van der Waals surface area contributed by atoms with E-state index in [9.17, 15) is 18.8 Å². The molecule has 238 valence electrons. The van der Waals surface area contributed by atoms with Crippen LogP contribution in [0.1, 0.15) is 41.1 Å². The van der Waals surface area contributed by atoms with Crippen molar-refractivity contribution in [1.82, 2.24) is 15.2 Å². The maximum atomic E-state index is 14.8. The average molecular weight is 644 g/mol. The van der Waals surface area contributed by atoms with E-state index in [1.807, 2.05) is 22.4 Å². The fourth-order valence-electron chi connectivity index (χ4n) is 6.44. The second-order valence-electron chi connectivity index (χ2n) is 11.5. The summed E-state index contributed by atoms with van der Waals surface area (Å²) in [5.41, 5.74) is 3.46. The third kappa shape index (κ3) is 6.35. The minimum atomic E-state index is -1.02. The number of benzene rings is 2. The Hall–Kier alpha value is -4.68. The molecule has 3 atom stereocenters. The lowest BCUT2D eigenvalue weighted by Crippen LogP contribution is -2.45. The van der Waals surface area contributed by atoms with Gasteiger partial charge >= 0.3 is 11.9 Å². The molecule has 0 saturated carbocycles. The Bertz CT molecular complexity index is 1740. The molecule has 0 bridgehead atoms. The molecule has 1 amide bonds. The summed E-state index contributed by atoms with van der Waals surface area (Å²) in [6, 6.07) is 11.3. The molecule has 3 aliphatic heterocycles. The number of piperidine rings is 1. The molecule has 46 heavy (non-hydrogen) atoms. The second kappa shape index (κ2) is 13.4. The van der Waals surface area contributed by atoms with E-state index in [0.717, 1.165) is 17.3 Å².